The second kappa shape index (κ2) is 7.57. The van der Waals surface area contributed by atoms with Crippen LogP contribution in [0, 0.1) is 11.6 Å². The molecule has 130 valence electrons. The Morgan fingerprint density at radius 1 is 1.04 bits per heavy atom. The number of ketones is 1. The van der Waals surface area contributed by atoms with Crippen molar-refractivity contribution >= 4 is 11.7 Å². The van der Waals surface area contributed by atoms with Crippen molar-refractivity contribution < 1.29 is 35.1 Å². The molecule has 0 aliphatic heterocycles. The lowest BCUT2D eigenvalue weighted by Crippen LogP contribution is -3.00. The number of imidazole rings is 1. The number of benzene rings is 2. The maximum atomic E-state index is 13.1. The van der Waals surface area contributed by atoms with E-state index in [4.69, 9.17) is 5.73 Å². The van der Waals surface area contributed by atoms with Crippen molar-refractivity contribution in [2.45, 2.75) is 6.54 Å². The van der Waals surface area contributed by atoms with Crippen molar-refractivity contribution in [3.8, 4) is 11.3 Å². The summed E-state index contributed by atoms with van der Waals surface area (Å²) in [6.45, 7) is 0.0342. The maximum absolute atomic E-state index is 13.1. The monoisotopic (exact) mass is 407 g/mol. The smallest absolute Gasteiger partial charge is 0.355 e. The van der Waals surface area contributed by atoms with Gasteiger partial charge in [-0.15, -0.1) is 0 Å². The fourth-order valence-electron chi connectivity index (χ4n) is 2.51. The molecular weight excluding hydrogens is 392 g/mol. The SMILES string of the molecule is Cn1c(-c2ccc(F)cc2)c[n+](CC(=O)c2ccc(F)cc2)c1N.[Br-]. The van der Waals surface area contributed by atoms with Crippen molar-refractivity contribution in [1.29, 1.82) is 0 Å². The van der Waals surface area contributed by atoms with Crippen LogP contribution in [-0.4, -0.2) is 10.4 Å². The number of carbonyl (C=O) groups excluding carboxylic acids is 1. The van der Waals surface area contributed by atoms with E-state index in [0.29, 0.717) is 11.5 Å². The van der Waals surface area contributed by atoms with Crippen molar-refractivity contribution in [3.05, 3.63) is 71.9 Å². The number of hydrogen-bond donors (Lipinski definition) is 1. The molecule has 2 N–H and O–H groups in total. The summed E-state index contributed by atoms with van der Waals surface area (Å²) < 4.78 is 29.4. The van der Waals surface area contributed by atoms with Gasteiger partial charge in [0.1, 0.15) is 30.1 Å². The molecule has 0 bridgehead atoms. The summed E-state index contributed by atoms with van der Waals surface area (Å²) in [5.41, 5.74) is 8.03. The summed E-state index contributed by atoms with van der Waals surface area (Å²) in [6.07, 6.45) is 1.74. The summed E-state index contributed by atoms with van der Waals surface area (Å²) in [5, 5.41) is 0. The van der Waals surface area contributed by atoms with Crippen LogP contribution in [-0.2, 0) is 13.6 Å². The molecule has 1 aromatic heterocycles. The van der Waals surface area contributed by atoms with E-state index in [1.54, 1.807) is 34.5 Å². The van der Waals surface area contributed by atoms with Crippen LogP contribution in [0.5, 0.6) is 0 Å². The first kappa shape index (κ1) is 18.8. The summed E-state index contributed by atoms with van der Waals surface area (Å²) in [7, 11) is 1.77. The highest BCUT2D eigenvalue weighted by Gasteiger charge is 2.20. The van der Waals surface area contributed by atoms with Crippen LogP contribution in [0.25, 0.3) is 11.3 Å². The molecule has 25 heavy (non-hydrogen) atoms. The van der Waals surface area contributed by atoms with Gasteiger partial charge in [-0.2, -0.15) is 0 Å². The number of halogens is 3. The molecule has 0 aliphatic rings. The van der Waals surface area contributed by atoms with E-state index in [1.807, 2.05) is 0 Å². The Kier molecular flexibility index (Phi) is 5.69. The molecule has 3 aromatic rings. The molecule has 0 fully saturated rings. The lowest BCUT2D eigenvalue weighted by molar-refractivity contribution is -0.667. The highest BCUT2D eigenvalue weighted by atomic mass is 79.9. The standard InChI is InChI=1S/C18H15F2N3O.BrH/c1-22-16(12-2-6-14(19)7-3-12)10-23(18(22)21)11-17(24)13-4-8-15(20)9-5-13;/h2-10,21H,11H2,1H3;1H. The fraction of sp³-hybridized carbons (Fsp3) is 0.111. The summed E-state index contributed by atoms with van der Waals surface area (Å²) in [5.74, 6) is -0.495. The number of anilines is 1. The van der Waals surface area contributed by atoms with Crippen LogP contribution in [0.2, 0.25) is 0 Å². The molecule has 0 atom stereocenters. The molecule has 4 nitrogen and oxygen atoms in total. The molecule has 0 saturated heterocycles. The number of rotatable bonds is 4. The third-order valence-corrected chi connectivity index (χ3v) is 3.90. The van der Waals surface area contributed by atoms with Gasteiger partial charge in [-0.3, -0.25) is 10.5 Å². The first-order valence-corrected chi connectivity index (χ1v) is 7.35. The van der Waals surface area contributed by atoms with Crippen molar-refractivity contribution in [2.24, 2.45) is 7.05 Å². The largest absolute Gasteiger partial charge is 1.00 e. The molecule has 0 radical (unpaired) electrons. The number of nitrogens with zero attached hydrogens (tertiary/aromatic N) is 2. The number of aromatic nitrogens is 2. The molecule has 3 rings (SSSR count). The van der Waals surface area contributed by atoms with Crippen molar-refractivity contribution in [3.63, 3.8) is 0 Å². The molecule has 0 unspecified atom stereocenters. The topological polar surface area (TPSA) is 51.9 Å². The Bertz CT molecular complexity index is 890. The van der Waals surface area contributed by atoms with E-state index in [2.05, 4.69) is 0 Å². The number of nitrogens with two attached hydrogens (primary N) is 1. The normalized spacial score (nSPS) is 10.4. The first-order valence-electron chi connectivity index (χ1n) is 7.35. The average molecular weight is 408 g/mol. The number of Topliss-reactive ketones (excluding diaryl/α,β-unsaturated/α-hetero) is 1. The van der Waals surface area contributed by atoms with Crippen LogP contribution >= 0.6 is 0 Å². The minimum absolute atomic E-state index is 0. The van der Waals surface area contributed by atoms with Gasteiger partial charge in [-0.1, -0.05) is 0 Å². The summed E-state index contributed by atoms with van der Waals surface area (Å²) >= 11 is 0. The predicted octanol–water partition coefficient (Wildman–Crippen LogP) is -0.273. The highest BCUT2D eigenvalue weighted by molar-refractivity contribution is 5.95. The zero-order chi connectivity index (χ0) is 17.3. The Hall–Kier alpha value is -2.54. The second-order valence-corrected chi connectivity index (χ2v) is 5.50. The van der Waals surface area contributed by atoms with E-state index < -0.39 is 5.82 Å². The molecule has 7 heteroatoms. The summed E-state index contributed by atoms with van der Waals surface area (Å²) in [4.78, 5) is 12.3. The first-order chi connectivity index (χ1) is 11.5. The minimum Gasteiger partial charge on any atom is -1.00 e. The average Bonchev–Trinajstić information content (AvgIpc) is 2.85. The van der Waals surface area contributed by atoms with E-state index >= 15 is 0 Å². The van der Waals surface area contributed by atoms with Crippen LogP contribution in [0.3, 0.4) is 0 Å². The zero-order valence-electron chi connectivity index (χ0n) is 13.4. The molecule has 0 amide bonds. The van der Waals surface area contributed by atoms with E-state index in [1.165, 1.54) is 36.4 Å². The third kappa shape index (κ3) is 3.93. The Morgan fingerprint density at radius 3 is 2.12 bits per heavy atom. The van der Waals surface area contributed by atoms with Crippen LogP contribution in [0.1, 0.15) is 10.4 Å². The fourth-order valence-corrected chi connectivity index (χ4v) is 2.51. The minimum atomic E-state index is -0.392. The highest BCUT2D eigenvalue weighted by Crippen LogP contribution is 2.20. The number of hydrogen-bond acceptors (Lipinski definition) is 2. The van der Waals surface area contributed by atoms with Gasteiger partial charge in [0.05, 0.1) is 7.05 Å². The lowest BCUT2D eigenvalue weighted by atomic mass is 10.1. The van der Waals surface area contributed by atoms with Gasteiger partial charge in [-0.25, -0.2) is 17.9 Å². The second-order valence-electron chi connectivity index (χ2n) is 5.50. The van der Waals surface area contributed by atoms with Gasteiger partial charge >= 0.3 is 5.95 Å². The molecule has 0 spiro atoms. The summed E-state index contributed by atoms with van der Waals surface area (Å²) in [6, 6.07) is 11.4. The number of nitrogen functional groups attached to an aromatic ring is 1. The van der Waals surface area contributed by atoms with Gasteiger partial charge in [0.15, 0.2) is 5.78 Å². The molecule has 1 heterocycles. The Morgan fingerprint density at radius 2 is 1.56 bits per heavy atom. The Balaban J connectivity index is 0.00000225. The van der Waals surface area contributed by atoms with Gasteiger partial charge < -0.3 is 17.0 Å². The van der Waals surface area contributed by atoms with Crippen LogP contribution < -0.4 is 27.3 Å². The van der Waals surface area contributed by atoms with Crippen molar-refractivity contribution in [1.82, 2.24) is 4.57 Å². The van der Waals surface area contributed by atoms with E-state index in [-0.39, 0.29) is 35.1 Å². The van der Waals surface area contributed by atoms with Gasteiger partial charge in [-0.05, 0) is 48.5 Å². The van der Waals surface area contributed by atoms with Crippen LogP contribution in [0.4, 0.5) is 14.7 Å². The van der Waals surface area contributed by atoms with Gasteiger partial charge in [0, 0.05) is 11.1 Å². The van der Waals surface area contributed by atoms with E-state index in [0.717, 1.165) is 11.3 Å². The van der Waals surface area contributed by atoms with Gasteiger partial charge in [0.2, 0.25) is 0 Å². The third-order valence-electron chi connectivity index (χ3n) is 3.90. The Labute approximate surface area is 154 Å². The molecule has 0 saturated carbocycles. The quantitative estimate of drug-likeness (QED) is 0.478. The van der Waals surface area contributed by atoms with Gasteiger partial charge in [0.25, 0.3) is 0 Å². The number of carbonyl (C=O) groups is 1. The van der Waals surface area contributed by atoms with Crippen LogP contribution in [0.15, 0.2) is 54.7 Å². The lowest BCUT2D eigenvalue weighted by Gasteiger charge is -2.00. The zero-order valence-corrected chi connectivity index (χ0v) is 15.0. The molecular formula is C18H16BrF2N3O. The van der Waals surface area contributed by atoms with Crippen molar-refractivity contribution in [2.75, 3.05) is 5.73 Å². The van der Waals surface area contributed by atoms with E-state index in [9.17, 15) is 13.6 Å². The predicted molar refractivity (Wildman–Crippen MR) is 86.1 cm³/mol. The molecule has 0 aliphatic carbocycles. The maximum Gasteiger partial charge on any atom is 0.355 e. The molecule has 2 aromatic carbocycles.